The van der Waals surface area contributed by atoms with E-state index in [9.17, 15) is 13.2 Å². The van der Waals surface area contributed by atoms with Gasteiger partial charge in [0.05, 0.1) is 11.3 Å². The normalized spacial score (nSPS) is 11.2. The number of nitrogen functional groups attached to an aromatic ring is 1. The van der Waals surface area contributed by atoms with Crippen molar-refractivity contribution in [2.75, 3.05) is 24.3 Å². The summed E-state index contributed by atoms with van der Waals surface area (Å²) in [6, 6.07) is 5.22. The molecule has 3 N–H and O–H groups in total. The predicted molar refractivity (Wildman–Crippen MR) is 72.3 cm³/mol. The Balaban J connectivity index is 2.53. The molecule has 1 aromatic carbocycles. The van der Waals surface area contributed by atoms with Crippen LogP contribution in [-0.2, 0) is 9.84 Å². The SMILES string of the molecule is Cc1ccc(N)c(C(=O)NCCCS(C)(=O)=O)c1. The summed E-state index contributed by atoms with van der Waals surface area (Å²) in [4.78, 5) is 11.8. The fourth-order valence-electron chi connectivity index (χ4n) is 1.50. The van der Waals surface area contributed by atoms with Gasteiger partial charge in [-0.15, -0.1) is 0 Å². The predicted octanol–water partition coefficient (Wildman–Crippen LogP) is 0.742. The molecule has 0 aliphatic rings. The lowest BCUT2D eigenvalue weighted by Gasteiger charge is -2.08. The average Bonchev–Trinajstić information content (AvgIpc) is 2.26. The lowest BCUT2D eigenvalue weighted by Crippen LogP contribution is -2.26. The van der Waals surface area contributed by atoms with Gasteiger partial charge in [-0.3, -0.25) is 4.79 Å². The first-order chi connectivity index (χ1) is 8.29. The summed E-state index contributed by atoms with van der Waals surface area (Å²) in [5.74, 6) is -0.207. The van der Waals surface area contributed by atoms with Crippen molar-refractivity contribution in [1.82, 2.24) is 5.32 Å². The van der Waals surface area contributed by atoms with E-state index in [1.807, 2.05) is 13.0 Å². The van der Waals surface area contributed by atoms with Crippen molar-refractivity contribution < 1.29 is 13.2 Å². The van der Waals surface area contributed by atoms with Gasteiger partial charge in [0, 0.05) is 18.5 Å². The molecule has 1 rings (SSSR count). The van der Waals surface area contributed by atoms with Gasteiger partial charge in [-0.2, -0.15) is 0 Å². The first-order valence-corrected chi connectivity index (χ1v) is 7.68. The summed E-state index contributed by atoms with van der Waals surface area (Å²) >= 11 is 0. The number of carbonyl (C=O) groups is 1. The van der Waals surface area contributed by atoms with Crippen molar-refractivity contribution in [3.63, 3.8) is 0 Å². The maximum absolute atomic E-state index is 11.8. The molecule has 1 aromatic rings. The van der Waals surface area contributed by atoms with Crippen LogP contribution < -0.4 is 11.1 Å². The summed E-state index contributed by atoms with van der Waals surface area (Å²) in [5, 5.41) is 2.66. The van der Waals surface area contributed by atoms with Gasteiger partial charge >= 0.3 is 0 Å². The number of benzene rings is 1. The van der Waals surface area contributed by atoms with Crippen LogP contribution in [0.1, 0.15) is 22.3 Å². The molecule has 0 saturated heterocycles. The van der Waals surface area contributed by atoms with Crippen LogP contribution in [0.4, 0.5) is 5.69 Å². The molecule has 0 spiro atoms. The van der Waals surface area contributed by atoms with Crippen LogP contribution in [0.3, 0.4) is 0 Å². The third-order valence-corrected chi connectivity index (χ3v) is 3.46. The van der Waals surface area contributed by atoms with Gasteiger partial charge in [0.2, 0.25) is 0 Å². The molecule has 100 valence electrons. The number of nitrogens with two attached hydrogens (primary N) is 1. The molecular formula is C12H18N2O3S. The van der Waals surface area contributed by atoms with Gasteiger partial charge in [0.1, 0.15) is 9.84 Å². The Kier molecular flexibility index (Phi) is 4.72. The maximum atomic E-state index is 11.8. The molecule has 0 aliphatic carbocycles. The van der Waals surface area contributed by atoms with Crippen LogP contribution in [0, 0.1) is 6.92 Å². The summed E-state index contributed by atoms with van der Waals surface area (Å²) in [7, 11) is -2.98. The quantitative estimate of drug-likeness (QED) is 0.610. The molecular weight excluding hydrogens is 252 g/mol. The lowest BCUT2D eigenvalue weighted by atomic mass is 10.1. The second-order valence-electron chi connectivity index (χ2n) is 4.33. The molecule has 0 radical (unpaired) electrons. The van der Waals surface area contributed by atoms with Gasteiger partial charge in [0.15, 0.2) is 0 Å². The van der Waals surface area contributed by atoms with Crippen LogP contribution in [0.5, 0.6) is 0 Å². The van der Waals surface area contributed by atoms with E-state index in [1.54, 1.807) is 12.1 Å². The van der Waals surface area contributed by atoms with E-state index in [4.69, 9.17) is 5.73 Å². The van der Waals surface area contributed by atoms with E-state index < -0.39 is 9.84 Å². The van der Waals surface area contributed by atoms with E-state index >= 15 is 0 Å². The van der Waals surface area contributed by atoms with Gasteiger partial charge < -0.3 is 11.1 Å². The van der Waals surface area contributed by atoms with Crippen LogP contribution in [0.25, 0.3) is 0 Å². The van der Waals surface area contributed by atoms with Crippen LogP contribution in [-0.4, -0.2) is 32.9 Å². The van der Waals surface area contributed by atoms with E-state index in [2.05, 4.69) is 5.32 Å². The minimum atomic E-state index is -2.98. The molecule has 0 saturated carbocycles. The summed E-state index contributed by atoms with van der Waals surface area (Å²) in [6.07, 6.45) is 1.57. The second kappa shape index (κ2) is 5.86. The Bertz CT molecular complexity index is 538. The topological polar surface area (TPSA) is 89.3 Å². The zero-order valence-electron chi connectivity index (χ0n) is 10.6. The first-order valence-electron chi connectivity index (χ1n) is 5.61. The smallest absolute Gasteiger partial charge is 0.253 e. The number of aryl methyl sites for hydroxylation is 1. The van der Waals surface area contributed by atoms with Gasteiger partial charge in [-0.05, 0) is 25.5 Å². The Labute approximate surface area is 107 Å². The van der Waals surface area contributed by atoms with E-state index in [0.717, 1.165) is 5.56 Å². The van der Waals surface area contributed by atoms with Crippen molar-refractivity contribution in [3.8, 4) is 0 Å². The highest BCUT2D eigenvalue weighted by Crippen LogP contribution is 2.13. The maximum Gasteiger partial charge on any atom is 0.253 e. The van der Waals surface area contributed by atoms with E-state index in [1.165, 1.54) is 6.26 Å². The zero-order valence-corrected chi connectivity index (χ0v) is 11.4. The Hall–Kier alpha value is -1.56. The second-order valence-corrected chi connectivity index (χ2v) is 6.59. The van der Waals surface area contributed by atoms with Crippen molar-refractivity contribution in [1.29, 1.82) is 0 Å². The number of amides is 1. The molecule has 0 unspecified atom stereocenters. The highest BCUT2D eigenvalue weighted by atomic mass is 32.2. The summed E-state index contributed by atoms with van der Waals surface area (Å²) in [5.41, 5.74) is 7.50. The van der Waals surface area contributed by atoms with Crippen LogP contribution in [0.15, 0.2) is 18.2 Å². The standard InChI is InChI=1S/C12H18N2O3S/c1-9-4-5-11(13)10(8-9)12(15)14-6-3-7-18(2,16)17/h4-5,8H,3,6-7,13H2,1-2H3,(H,14,15). The van der Waals surface area contributed by atoms with Crippen LogP contribution >= 0.6 is 0 Å². The number of hydrogen-bond acceptors (Lipinski definition) is 4. The Morgan fingerprint density at radius 1 is 1.39 bits per heavy atom. The molecule has 5 nitrogen and oxygen atoms in total. The third kappa shape index (κ3) is 4.75. The van der Waals surface area contributed by atoms with Crippen molar-refractivity contribution in [2.24, 2.45) is 0 Å². The number of anilines is 1. The van der Waals surface area contributed by atoms with Crippen molar-refractivity contribution in [2.45, 2.75) is 13.3 Å². The molecule has 0 aromatic heterocycles. The highest BCUT2D eigenvalue weighted by molar-refractivity contribution is 7.90. The Morgan fingerprint density at radius 3 is 2.67 bits per heavy atom. The van der Waals surface area contributed by atoms with E-state index in [0.29, 0.717) is 24.2 Å². The summed E-state index contributed by atoms with van der Waals surface area (Å²) < 4.78 is 21.8. The van der Waals surface area contributed by atoms with Gasteiger partial charge in [-0.1, -0.05) is 11.6 Å². The molecule has 0 atom stereocenters. The monoisotopic (exact) mass is 270 g/mol. The largest absolute Gasteiger partial charge is 0.398 e. The van der Waals surface area contributed by atoms with E-state index in [-0.39, 0.29) is 11.7 Å². The molecule has 0 bridgehead atoms. The lowest BCUT2D eigenvalue weighted by molar-refractivity contribution is 0.0954. The number of carbonyl (C=O) groups excluding carboxylic acids is 1. The molecule has 1 amide bonds. The number of rotatable bonds is 5. The van der Waals surface area contributed by atoms with Crippen molar-refractivity contribution in [3.05, 3.63) is 29.3 Å². The molecule has 18 heavy (non-hydrogen) atoms. The first kappa shape index (κ1) is 14.5. The molecule has 0 aliphatic heterocycles. The number of nitrogens with one attached hydrogen (secondary N) is 1. The minimum Gasteiger partial charge on any atom is -0.398 e. The van der Waals surface area contributed by atoms with Crippen molar-refractivity contribution >= 4 is 21.4 Å². The summed E-state index contributed by atoms with van der Waals surface area (Å²) in [6.45, 7) is 2.19. The average molecular weight is 270 g/mol. The highest BCUT2D eigenvalue weighted by Gasteiger charge is 2.09. The van der Waals surface area contributed by atoms with Gasteiger partial charge in [0.25, 0.3) is 5.91 Å². The molecule has 0 fully saturated rings. The fourth-order valence-corrected chi connectivity index (χ4v) is 2.17. The van der Waals surface area contributed by atoms with Gasteiger partial charge in [-0.25, -0.2) is 8.42 Å². The molecule has 0 heterocycles. The van der Waals surface area contributed by atoms with Crippen LogP contribution in [0.2, 0.25) is 0 Å². The Morgan fingerprint density at radius 2 is 2.06 bits per heavy atom. The minimum absolute atomic E-state index is 0.0661. The molecule has 6 heteroatoms. The fraction of sp³-hybridized carbons (Fsp3) is 0.417. The third-order valence-electron chi connectivity index (χ3n) is 2.43. The number of hydrogen-bond donors (Lipinski definition) is 2. The number of sulfone groups is 1. The zero-order chi connectivity index (χ0) is 13.8.